The number of hydrogen-bond donors (Lipinski definition) is 1. The van der Waals surface area contributed by atoms with Gasteiger partial charge in [-0.25, -0.2) is 4.79 Å². The standard InChI is InChI=1S/C31H33NO4/c1-29(2)26-18-19-30(29,31(34,24-14-8-4-9-15-24)25-16-10-5-11-17-25)27(20-26)36-28(33)21-32-35-22-23-12-6-3-7-13-23/h3-17,21,26-27,34H,18-20,22H2,1-2H3/b32-21+/t26-,27-,30-/m1/s1. The Morgan fingerprint density at radius 2 is 1.53 bits per heavy atom. The van der Waals surface area contributed by atoms with Gasteiger partial charge in [0.25, 0.3) is 0 Å². The molecule has 5 heteroatoms. The molecule has 0 heterocycles. The molecule has 3 aromatic rings. The van der Waals surface area contributed by atoms with Crippen LogP contribution in [-0.2, 0) is 26.6 Å². The monoisotopic (exact) mass is 483 g/mol. The molecule has 0 amide bonds. The third kappa shape index (κ3) is 3.82. The van der Waals surface area contributed by atoms with Crippen LogP contribution in [0.3, 0.4) is 0 Å². The number of esters is 1. The van der Waals surface area contributed by atoms with Gasteiger partial charge in [-0.1, -0.05) is 110 Å². The molecule has 5 nitrogen and oxygen atoms in total. The summed E-state index contributed by atoms with van der Waals surface area (Å²) in [6.07, 6.45) is 3.07. The average molecular weight is 484 g/mol. The summed E-state index contributed by atoms with van der Waals surface area (Å²) in [7, 11) is 0. The van der Waals surface area contributed by atoms with E-state index in [1.165, 1.54) is 0 Å². The van der Waals surface area contributed by atoms with Gasteiger partial charge in [0.2, 0.25) is 0 Å². The predicted molar refractivity (Wildman–Crippen MR) is 139 cm³/mol. The zero-order chi connectivity index (χ0) is 25.2. The van der Waals surface area contributed by atoms with Crippen LogP contribution in [0.1, 0.15) is 49.8 Å². The summed E-state index contributed by atoms with van der Waals surface area (Å²) in [5.41, 5.74) is 0.283. The number of carbonyl (C=O) groups is 1. The average Bonchev–Trinajstić information content (AvgIpc) is 3.30. The lowest BCUT2D eigenvalue weighted by Gasteiger charge is -2.53. The summed E-state index contributed by atoms with van der Waals surface area (Å²) in [6, 6.07) is 29.2. The fourth-order valence-corrected chi connectivity index (χ4v) is 6.90. The molecule has 36 heavy (non-hydrogen) atoms. The Kier molecular flexibility index (Phi) is 6.44. The maximum absolute atomic E-state index is 12.9. The molecular formula is C31H33NO4. The van der Waals surface area contributed by atoms with Crippen molar-refractivity contribution in [3.05, 3.63) is 108 Å². The number of oxime groups is 1. The number of rotatable bonds is 8. The van der Waals surface area contributed by atoms with Crippen LogP contribution in [0.5, 0.6) is 0 Å². The number of nitrogens with zero attached hydrogens (tertiary/aromatic N) is 1. The van der Waals surface area contributed by atoms with E-state index in [-0.39, 0.29) is 12.0 Å². The third-order valence-electron chi connectivity index (χ3n) is 8.70. The van der Waals surface area contributed by atoms with Gasteiger partial charge >= 0.3 is 5.97 Å². The molecule has 3 aromatic carbocycles. The van der Waals surface area contributed by atoms with E-state index in [1.54, 1.807) is 0 Å². The van der Waals surface area contributed by atoms with Crippen molar-refractivity contribution in [1.82, 2.24) is 0 Å². The molecule has 0 aliphatic heterocycles. The number of benzene rings is 3. The highest BCUT2D eigenvalue weighted by molar-refractivity contribution is 6.23. The summed E-state index contributed by atoms with van der Waals surface area (Å²) in [4.78, 5) is 18.2. The zero-order valence-corrected chi connectivity index (χ0v) is 20.8. The Labute approximate surface area is 212 Å². The highest BCUT2D eigenvalue weighted by Crippen LogP contribution is 2.73. The van der Waals surface area contributed by atoms with Crippen LogP contribution < -0.4 is 0 Å². The lowest BCUT2D eigenvalue weighted by Crippen LogP contribution is -2.57. The second-order valence-corrected chi connectivity index (χ2v) is 10.5. The van der Waals surface area contributed by atoms with Crippen LogP contribution >= 0.6 is 0 Å². The second-order valence-electron chi connectivity index (χ2n) is 10.5. The minimum absolute atomic E-state index is 0.265. The van der Waals surface area contributed by atoms with Crippen LogP contribution in [0.15, 0.2) is 96.2 Å². The smallest absolute Gasteiger partial charge is 0.353 e. The van der Waals surface area contributed by atoms with E-state index >= 15 is 0 Å². The van der Waals surface area contributed by atoms with Crippen LogP contribution in [0, 0.1) is 16.7 Å². The van der Waals surface area contributed by atoms with Gasteiger partial charge in [0, 0.05) is 5.41 Å². The fraction of sp³-hybridized carbons (Fsp3) is 0.355. The van der Waals surface area contributed by atoms with Crippen molar-refractivity contribution in [3.8, 4) is 0 Å². The highest BCUT2D eigenvalue weighted by Gasteiger charge is 2.74. The SMILES string of the molecule is CC1(C)[C@@H]2CC[C@@]1(C(O)(c1ccccc1)c1ccccc1)[C@H](OC(=O)/C=N/OCc1ccccc1)C2. The Hall–Kier alpha value is -3.44. The first-order valence-electron chi connectivity index (χ1n) is 12.6. The highest BCUT2D eigenvalue weighted by atomic mass is 16.6. The molecule has 0 unspecified atom stereocenters. The van der Waals surface area contributed by atoms with Gasteiger partial charge in [-0.05, 0) is 47.3 Å². The largest absolute Gasteiger partial charge is 0.457 e. The van der Waals surface area contributed by atoms with E-state index < -0.39 is 23.1 Å². The molecule has 2 fully saturated rings. The Bertz CT molecular complexity index is 1170. The molecule has 0 saturated heterocycles. The minimum Gasteiger partial charge on any atom is -0.457 e. The van der Waals surface area contributed by atoms with Crippen molar-refractivity contribution < 1.29 is 19.5 Å². The van der Waals surface area contributed by atoms with Crippen molar-refractivity contribution in [2.75, 3.05) is 0 Å². The van der Waals surface area contributed by atoms with Crippen molar-refractivity contribution in [2.24, 2.45) is 21.9 Å². The molecule has 5 rings (SSSR count). The molecule has 1 N–H and O–H groups in total. The van der Waals surface area contributed by atoms with Crippen LogP contribution in [0.4, 0.5) is 0 Å². The first-order chi connectivity index (χ1) is 17.4. The van der Waals surface area contributed by atoms with E-state index in [1.807, 2.05) is 91.0 Å². The van der Waals surface area contributed by atoms with Crippen LogP contribution in [-0.4, -0.2) is 23.4 Å². The lowest BCUT2D eigenvalue weighted by molar-refractivity contribution is -0.178. The van der Waals surface area contributed by atoms with E-state index in [2.05, 4.69) is 19.0 Å². The Morgan fingerprint density at radius 1 is 0.972 bits per heavy atom. The van der Waals surface area contributed by atoms with Crippen molar-refractivity contribution in [1.29, 1.82) is 0 Å². The molecule has 3 atom stereocenters. The van der Waals surface area contributed by atoms with Gasteiger partial charge in [0.1, 0.15) is 18.3 Å². The van der Waals surface area contributed by atoms with Crippen LogP contribution in [0.2, 0.25) is 0 Å². The van der Waals surface area contributed by atoms with Gasteiger partial charge in [0.15, 0.2) is 6.21 Å². The van der Waals surface area contributed by atoms with Crippen molar-refractivity contribution in [2.45, 2.75) is 51.4 Å². The topological polar surface area (TPSA) is 68.1 Å². The van der Waals surface area contributed by atoms with Crippen molar-refractivity contribution >= 4 is 12.2 Å². The maximum atomic E-state index is 12.9. The first-order valence-corrected chi connectivity index (χ1v) is 12.6. The first kappa shape index (κ1) is 24.3. The summed E-state index contributed by atoms with van der Waals surface area (Å²) >= 11 is 0. The molecular weight excluding hydrogens is 450 g/mol. The second kappa shape index (κ2) is 9.55. The maximum Gasteiger partial charge on any atom is 0.353 e. The zero-order valence-electron chi connectivity index (χ0n) is 20.8. The number of aliphatic hydroxyl groups is 1. The normalized spacial score (nSPS) is 24.6. The molecule has 2 aliphatic carbocycles. The number of ether oxygens (including phenoxy) is 1. The number of fused-ring (bicyclic) bond motifs is 2. The fourth-order valence-electron chi connectivity index (χ4n) is 6.90. The quantitative estimate of drug-likeness (QED) is 0.247. The molecule has 0 radical (unpaired) electrons. The molecule has 186 valence electrons. The van der Waals surface area contributed by atoms with E-state index in [0.29, 0.717) is 12.3 Å². The van der Waals surface area contributed by atoms with Crippen LogP contribution in [0.25, 0.3) is 0 Å². The molecule has 2 saturated carbocycles. The van der Waals surface area contributed by atoms with E-state index in [4.69, 9.17) is 9.57 Å². The van der Waals surface area contributed by atoms with Gasteiger partial charge in [0.05, 0.1) is 0 Å². The molecule has 2 aliphatic rings. The van der Waals surface area contributed by atoms with Gasteiger partial charge in [-0.15, -0.1) is 0 Å². The molecule has 0 spiro atoms. The van der Waals surface area contributed by atoms with Gasteiger partial charge < -0.3 is 14.7 Å². The Balaban J connectivity index is 1.46. The molecule has 2 bridgehead atoms. The van der Waals surface area contributed by atoms with Crippen molar-refractivity contribution in [3.63, 3.8) is 0 Å². The van der Waals surface area contributed by atoms with Gasteiger partial charge in [-0.2, -0.15) is 0 Å². The summed E-state index contributed by atoms with van der Waals surface area (Å²) < 4.78 is 6.10. The Morgan fingerprint density at radius 3 is 2.08 bits per heavy atom. The third-order valence-corrected chi connectivity index (χ3v) is 8.70. The van der Waals surface area contributed by atoms with Gasteiger partial charge in [-0.3, -0.25) is 0 Å². The summed E-state index contributed by atoms with van der Waals surface area (Å²) in [5.74, 6) is -0.222. The minimum atomic E-state index is -1.34. The van der Waals surface area contributed by atoms with E-state index in [0.717, 1.165) is 35.7 Å². The van der Waals surface area contributed by atoms with E-state index in [9.17, 15) is 9.90 Å². The lowest BCUT2D eigenvalue weighted by atomic mass is 9.54. The summed E-state index contributed by atoms with van der Waals surface area (Å²) in [6.45, 7) is 4.70. The summed E-state index contributed by atoms with van der Waals surface area (Å²) in [5, 5.41) is 16.7. The predicted octanol–water partition coefficient (Wildman–Crippen LogP) is 5.86. The number of carbonyl (C=O) groups excluding carboxylic acids is 1. The number of hydrogen-bond acceptors (Lipinski definition) is 5. The molecule has 0 aromatic heterocycles.